The first kappa shape index (κ1) is 19.3. The number of benzene rings is 1. The number of likely N-dealkylation sites (tertiary alicyclic amines) is 1. The number of fused-ring (bicyclic) bond motifs is 2. The summed E-state index contributed by atoms with van der Waals surface area (Å²) >= 11 is 1.32. The second kappa shape index (κ2) is 7.10. The lowest BCUT2D eigenvalue weighted by Gasteiger charge is -2.39. The fraction of sp³-hybridized carbons (Fsp3) is 0.571. The first-order chi connectivity index (χ1) is 13.3. The standard InChI is InChI=1S/C21H27N3O3S/c1-20(2)9-15-10-21(3,12-20)13-24(15)17(25)11-28-19-23-22-18(27-19)14-5-7-16(26-4)8-6-14/h5-8,15H,9-13H2,1-4H3. The molecule has 4 rings (SSSR count). The SMILES string of the molecule is COc1ccc(-c2nnc(SCC(=O)N3CC4(C)CC3CC(C)(C)C4)o2)cc1. The molecule has 1 amide bonds. The average Bonchev–Trinajstić information content (AvgIpc) is 3.21. The second-order valence-electron chi connectivity index (χ2n) is 9.13. The van der Waals surface area contributed by atoms with Gasteiger partial charge in [0.05, 0.1) is 12.9 Å². The Balaban J connectivity index is 1.37. The van der Waals surface area contributed by atoms with E-state index in [-0.39, 0.29) is 11.3 Å². The topological polar surface area (TPSA) is 68.5 Å². The fourth-order valence-corrected chi connectivity index (χ4v) is 5.73. The zero-order valence-corrected chi connectivity index (χ0v) is 17.7. The van der Waals surface area contributed by atoms with E-state index < -0.39 is 0 Å². The molecule has 2 heterocycles. The number of ether oxygens (including phenoxy) is 1. The van der Waals surface area contributed by atoms with E-state index in [0.717, 1.165) is 30.7 Å². The Hall–Kier alpha value is -2.02. The third-order valence-electron chi connectivity index (χ3n) is 5.80. The van der Waals surface area contributed by atoms with Crippen molar-refractivity contribution in [3.63, 3.8) is 0 Å². The molecule has 1 aliphatic carbocycles. The lowest BCUT2D eigenvalue weighted by Crippen LogP contribution is -2.38. The van der Waals surface area contributed by atoms with Gasteiger partial charge in [-0.3, -0.25) is 4.79 Å². The maximum atomic E-state index is 12.9. The van der Waals surface area contributed by atoms with Gasteiger partial charge in [-0.1, -0.05) is 32.5 Å². The highest BCUT2D eigenvalue weighted by Crippen LogP contribution is 2.52. The van der Waals surface area contributed by atoms with Gasteiger partial charge < -0.3 is 14.1 Å². The molecule has 1 aliphatic heterocycles. The number of carbonyl (C=O) groups is 1. The van der Waals surface area contributed by atoms with Crippen molar-refractivity contribution in [2.75, 3.05) is 19.4 Å². The van der Waals surface area contributed by atoms with E-state index in [9.17, 15) is 4.79 Å². The van der Waals surface area contributed by atoms with Crippen LogP contribution < -0.4 is 4.74 Å². The van der Waals surface area contributed by atoms with Gasteiger partial charge in [-0.15, -0.1) is 10.2 Å². The van der Waals surface area contributed by atoms with Crippen LogP contribution in [0.2, 0.25) is 0 Å². The molecule has 2 atom stereocenters. The molecule has 150 valence electrons. The van der Waals surface area contributed by atoms with Crippen molar-refractivity contribution < 1.29 is 13.9 Å². The number of amides is 1. The highest BCUT2D eigenvalue weighted by molar-refractivity contribution is 7.99. The van der Waals surface area contributed by atoms with Gasteiger partial charge in [-0.05, 0) is 54.4 Å². The molecule has 1 saturated carbocycles. The highest BCUT2D eigenvalue weighted by Gasteiger charge is 2.50. The van der Waals surface area contributed by atoms with Gasteiger partial charge in [-0.25, -0.2) is 0 Å². The van der Waals surface area contributed by atoms with E-state index in [0.29, 0.717) is 28.3 Å². The molecular formula is C21H27N3O3S. The van der Waals surface area contributed by atoms with Gasteiger partial charge in [0.25, 0.3) is 5.22 Å². The molecule has 2 fully saturated rings. The predicted molar refractivity (Wildman–Crippen MR) is 108 cm³/mol. The molecule has 1 saturated heterocycles. The summed E-state index contributed by atoms with van der Waals surface area (Å²) in [4.78, 5) is 14.9. The maximum absolute atomic E-state index is 12.9. The van der Waals surface area contributed by atoms with Gasteiger partial charge >= 0.3 is 0 Å². The summed E-state index contributed by atoms with van der Waals surface area (Å²) in [5, 5.41) is 8.60. The van der Waals surface area contributed by atoms with Gasteiger partial charge in [0, 0.05) is 18.2 Å². The lowest BCUT2D eigenvalue weighted by molar-refractivity contribution is -0.129. The Morgan fingerprint density at radius 1 is 1.25 bits per heavy atom. The van der Waals surface area contributed by atoms with Crippen molar-refractivity contribution in [3.05, 3.63) is 24.3 Å². The first-order valence-electron chi connectivity index (χ1n) is 9.67. The van der Waals surface area contributed by atoms with E-state index in [2.05, 4.69) is 35.9 Å². The monoisotopic (exact) mass is 401 g/mol. The normalized spacial score (nSPS) is 25.7. The fourth-order valence-electron chi connectivity index (χ4n) is 5.08. The van der Waals surface area contributed by atoms with Gasteiger partial charge in [0.1, 0.15) is 5.75 Å². The van der Waals surface area contributed by atoms with E-state index in [1.165, 1.54) is 18.2 Å². The number of rotatable bonds is 5. The largest absolute Gasteiger partial charge is 0.497 e. The number of carbonyl (C=O) groups excluding carboxylic acids is 1. The zero-order chi connectivity index (χ0) is 19.9. The summed E-state index contributed by atoms with van der Waals surface area (Å²) in [5.74, 6) is 1.72. The summed E-state index contributed by atoms with van der Waals surface area (Å²) in [6.07, 6.45) is 3.39. The molecule has 0 spiro atoms. The van der Waals surface area contributed by atoms with E-state index in [4.69, 9.17) is 9.15 Å². The number of thioether (sulfide) groups is 1. The Morgan fingerprint density at radius 2 is 2.00 bits per heavy atom. The minimum absolute atomic E-state index is 0.167. The van der Waals surface area contributed by atoms with Crippen LogP contribution in [-0.2, 0) is 4.79 Å². The molecule has 2 bridgehead atoms. The smallest absolute Gasteiger partial charge is 0.277 e. The summed E-state index contributed by atoms with van der Waals surface area (Å²) in [6, 6.07) is 7.81. The van der Waals surface area contributed by atoms with Crippen molar-refractivity contribution in [3.8, 4) is 17.2 Å². The van der Waals surface area contributed by atoms with Crippen LogP contribution in [0.25, 0.3) is 11.5 Å². The summed E-state index contributed by atoms with van der Waals surface area (Å²) in [5.41, 5.74) is 1.38. The summed E-state index contributed by atoms with van der Waals surface area (Å²) in [7, 11) is 1.63. The van der Waals surface area contributed by atoms with Crippen molar-refractivity contribution in [2.45, 2.75) is 51.3 Å². The van der Waals surface area contributed by atoms with Crippen molar-refractivity contribution in [2.24, 2.45) is 10.8 Å². The van der Waals surface area contributed by atoms with E-state index in [1.54, 1.807) is 7.11 Å². The molecule has 1 aromatic heterocycles. The molecular weight excluding hydrogens is 374 g/mol. The molecule has 0 radical (unpaired) electrons. The van der Waals surface area contributed by atoms with Crippen LogP contribution in [0.15, 0.2) is 33.9 Å². The van der Waals surface area contributed by atoms with Crippen LogP contribution in [0.1, 0.15) is 40.0 Å². The van der Waals surface area contributed by atoms with Crippen molar-refractivity contribution in [1.82, 2.24) is 15.1 Å². The summed E-state index contributed by atoms with van der Waals surface area (Å²) in [6.45, 7) is 7.82. The van der Waals surface area contributed by atoms with Crippen LogP contribution in [0.4, 0.5) is 0 Å². The third kappa shape index (κ3) is 3.90. The Morgan fingerprint density at radius 3 is 2.71 bits per heavy atom. The highest BCUT2D eigenvalue weighted by atomic mass is 32.2. The quantitative estimate of drug-likeness (QED) is 0.697. The molecule has 2 aromatic rings. The van der Waals surface area contributed by atoms with Crippen LogP contribution in [0.5, 0.6) is 5.75 Å². The van der Waals surface area contributed by atoms with Gasteiger partial charge in [0.2, 0.25) is 11.8 Å². The molecule has 0 N–H and O–H groups in total. The Kier molecular flexibility index (Phi) is 4.89. The molecule has 7 heteroatoms. The molecule has 1 aromatic carbocycles. The maximum Gasteiger partial charge on any atom is 0.277 e. The number of hydrogen-bond donors (Lipinski definition) is 0. The van der Waals surface area contributed by atoms with Gasteiger partial charge in [0.15, 0.2) is 0 Å². The van der Waals surface area contributed by atoms with E-state index >= 15 is 0 Å². The van der Waals surface area contributed by atoms with Crippen LogP contribution in [0.3, 0.4) is 0 Å². The minimum Gasteiger partial charge on any atom is -0.497 e. The van der Waals surface area contributed by atoms with Crippen molar-refractivity contribution in [1.29, 1.82) is 0 Å². The van der Waals surface area contributed by atoms with Crippen LogP contribution >= 0.6 is 11.8 Å². The van der Waals surface area contributed by atoms with Crippen molar-refractivity contribution >= 4 is 17.7 Å². The summed E-state index contributed by atoms with van der Waals surface area (Å²) < 4.78 is 10.9. The number of aromatic nitrogens is 2. The van der Waals surface area contributed by atoms with E-state index in [1.807, 2.05) is 24.3 Å². The lowest BCUT2D eigenvalue weighted by atomic mass is 9.65. The first-order valence-corrected chi connectivity index (χ1v) is 10.7. The Labute approximate surface area is 170 Å². The number of nitrogens with zero attached hydrogens (tertiary/aromatic N) is 3. The van der Waals surface area contributed by atoms with Gasteiger partial charge in [-0.2, -0.15) is 0 Å². The van der Waals surface area contributed by atoms with Crippen LogP contribution in [-0.4, -0.2) is 46.5 Å². The molecule has 2 aliphatic rings. The minimum atomic E-state index is 0.167. The predicted octanol–water partition coefficient (Wildman–Crippen LogP) is 4.26. The average molecular weight is 402 g/mol. The second-order valence-corrected chi connectivity index (χ2v) is 10.1. The Bertz CT molecular complexity index is 864. The number of methoxy groups -OCH3 is 1. The van der Waals surface area contributed by atoms with Crippen LogP contribution in [0, 0.1) is 10.8 Å². The molecule has 2 unspecified atom stereocenters. The zero-order valence-electron chi connectivity index (χ0n) is 16.9. The molecule has 6 nitrogen and oxygen atoms in total. The molecule has 28 heavy (non-hydrogen) atoms. The number of hydrogen-bond acceptors (Lipinski definition) is 6. The third-order valence-corrected chi connectivity index (χ3v) is 6.60.